The number of hydrogen-bond acceptors (Lipinski definition) is 4. The first-order chi connectivity index (χ1) is 14.6. The average molecular weight is 406 g/mol. The number of imidazole rings is 1. The number of piperazine rings is 1. The largest absolute Gasteiger partial charge is 0.330 e. The van der Waals surface area contributed by atoms with E-state index in [1.165, 1.54) is 5.56 Å². The highest BCUT2D eigenvalue weighted by atomic mass is 16.1. The molecule has 6 heteroatoms. The normalized spacial score (nSPS) is 15.5. The standard InChI is InChI=1S/C24H31N5O/c1-3-7-24(30)25-20-10-11-22-21(16-20)26-23(27(22)2)18-29-14-12-28(13-15-29)17-19-8-5-4-6-9-19/h4-6,8-11,16H,3,7,12-15,17-18H2,1-2H3,(H,25,30). The highest BCUT2D eigenvalue weighted by molar-refractivity contribution is 5.93. The molecular formula is C24H31N5O. The summed E-state index contributed by atoms with van der Waals surface area (Å²) in [6.07, 6.45) is 1.39. The van der Waals surface area contributed by atoms with Crippen molar-refractivity contribution in [2.24, 2.45) is 7.05 Å². The van der Waals surface area contributed by atoms with Crippen LogP contribution in [0.5, 0.6) is 0 Å². The lowest BCUT2D eigenvalue weighted by atomic mass is 10.2. The van der Waals surface area contributed by atoms with Gasteiger partial charge < -0.3 is 9.88 Å². The lowest BCUT2D eigenvalue weighted by Gasteiger charge is -2.34. The monoisotopic (exact) mass is 405 g/mol. The van der Waals surface area contributed by atoms with Crippen molar-refractivity contribution in [3.05, 3.63) is 59.9 Å². The first-order valence-corrected chi connectivity index (χ1v) is 10.9. The number of nitrogens with one attached hydrogen (secondary N) is 1. The van der Waals surface area contributed by atoms with Crippen LogP contribution >= 0.6 is 0 Å². The Bertz CT molecular complexity index is 990. The molecule has 3 aromatic rings. The topological polar surface area (TPSA) is 53.4 Å². The Kier molecular flexibility index (Phi) is 6.45. The summed E-state index contributed by atoms with van der Waals surface area (Å²) in [5.74, 6) is 1.12. The van der Waals surface area contributed by atoms with Crippen molar-refractivity contribution in [3.8, 4) is 0 Å². The summed E-state index contributed by atoms with van der Waals surface area (Å²) in [6.45, 7) is 8.13. The number of nitrogens with zero attached hydrogens (tertiary/aromatic N) is 4. The lowest BCUT2D eigenvalue weighted by Crippen LogP contribution is -2.45. The molecule has 2 aromatic carbocycles. The van der Waals surface area contributed by atoms with E-state index in [2.05, 4.69) is 57.1 Å². The van der Waals surface area contributed by atoms with E-state index in [1.54, 1.807) is 0 Å². The number of carbonyl (C=O) groups excluding carboxylic acids is 1. The molecule has 0 bridgehead atoms. The second-order valence-corrected chi connectivity index (χ2v) is 8.13. The molecule has 0 radical (unpaired) electrons. The Morgan fingerprint density at radius 2 is 1.70 bits per heavy atom. The number of carbonyl (C=O) groups is 1. The van der Waals surface area contributed by atoms with Gasteiger partial charge in [0.15, 0.2) is 0 Å². The maximum Gasteiger partial charge on any atom is 0.224 e. The Hall–Kier alpha value is -2.70. The number of benzene rings is 2. The van der Waals surface area contributed by atoms with Crippen molar-refractivity contribution in [2.45, 2.75) is 32.9 Å². The molecule has 0 aliphatic carbocycles. The van der Waals surface area contributed by atoms with Gasteiger partial charge in [-0.2, -0.15) is 0 Å². The maximum absolute atomic E-state index is 11.9. The number of anilines is 1. The second-order valence-electron chi connectivity index (χ2n) is 8.13. The first-order valence-electron chi connectivity index (χ1n) is 10.9. The smallest absolute Gasteiger partial charge is 0.224 e. The zero-order valence-electron chi connectivity index (χ0n) is 18.0. The molecule has 158 valence electrons. The van der Waals surface area contributed by atoms with Crippen LogP contribution in [0.2, 0.25) is 0 Å². The van der Waals surface area contributed by atoms with Gasteiger partial charge in [0.2, 0.25) is 5.91 Å². The van der Waals surface area contributed by atoms with Crippen LogP contribution in [0.15, 0.2) is 48.5 Å². The summed E-state index contributed by atoms with van der Waals surface area (Å²) >= 11 is 0. The molecule has 30 heavy (non-hydrogen) atoms. The van der Waals surface area contributed by atoms with Crippen LogP contribution in [0.1, 0.15) is 31.2 Å². The van der Waals surface area contributed by atoms with E-state index in [0.717, 1.165) is 68.2 Å². The number of aryl methyl sites for hydroxylation is 1. The number of amides is 1. The quantitative estimate of drug-likeness (QED) is 0.652. The highest BCUT2D eigenvalue weighted by Crippen LogP contribution is 2.21. The van der Waals surface area contributed by atoms with Crippen LogP contribution in [0.25, 0.3) is 11.0 Å². The van der Waals surface area contributed by atoms with Crippen molar-refractivity contribution < 1.29 is 4.79 Å². The maximum atomic E-state index is 11.9. The van der Waals surface area contributed by atoms with Crippen molar-refractivity contribution >= 4 is 22.6 Å². The number of rotatable bonds is 7. The minimum Gasteiger partial charge on any atom is -0.330 e. The molecule has 2 heterocycles. The van der Waals surface area contributed by atoms with E-state index in [1.807, 2.05) is 25.1 Å². The van der Waals surface area contributed by atoms with Gasteiger partial charge in [-0.3, -0.25) is 14.6 Å². The van der Waals surface area contributed by atoms with Gasteiger partial charge in [0.1, 0.15) is 5.82 Å². The van der Waals surface area contributed by atoms with E-state index in [4.69, 9.17) is 4.98 Å². The van der Waals surface area contributed by atoms with Crippen molar-refractivity contribution in [1.29, 1.82) is 0 Å². The van der Waals surface area contributed by atoms with Crippen LogP contribution in [0.4, 0.5) is 5.69 Å². The predicted molar refractivity (Wildman–Crippen MR) is 121 cm³/mol. The predicted octanol–water partition coefficient (Wildman–Crippen LogP) is 3.63. The van der Waals surface area contributed by atoms with Crippen molar-refractivity contribution in [2.75, 3.05) is 31.5 Å². The fraction of sp³-hybridized carbons (Fsp3) is 0.417. The zero-order chi connectivity index (χ0) is 20.9. The summed E-state index contributed by atoms with van der Waals surface area (Å²) < 4.78 is 2.17. The fourth-order valence-corrected chi connectivity index (χ4v) is 4.07. The summed E-state index contributed by atoms with van der Waals surface area (Å²) in [7, 11) is 2.08. The van der Waals surface area contributed by atoms with Crippen LogP contribution in [0.3, 0.4) is 0 Å². The molecular weight excluding hydrogens is 374 g/mol. The van der Waals surface area contributed by atoms with Crippen LogP contribution < -0.4 is 5.32 Å². The van der Waals surface area contributed by atoms with Crippen LogP contribution in [-0.4, -0.2) is 51.4 Å². The molecule has 1 aliphatic rings. The van der Waals surface area contributed by atoms with E-state index in [0.29, 0.717) is 6.42 Å². The molecule has 1 N–H and O–H groups in total. The molecule has 0 spiro atoms. The van der Waals surface area contributed by atoms with E-state index in [-0.39, 0.29) is 5.91 Å². The van der Waals surface area contributed by atoms with Crippen LogP contribution in [0, 0.1) is 0 Å². The third-order valence-corrected chi connectivity index (χ3v) is 5.81. The van der Waals surface area contributed by atoms with Crippen LogP contribution in [-0.2, 0) is 24.9 Å². The molecule has 1 aliphatic heterocycles. The molecule has 1 aromatic heterocycles. The minimum absolute atomic E-state index is 0.0568. The third-order valence-electron chi connectivity index (χ3n) is 5.81. The van der Waals surface area contributed by atoms with E-state index < -0.39 is 0 Å². The minimum atomic E-state index is 0.0568. The molecule has 0 atom stereocenters. The second kappa shape index (κ2) is 9.41. The summed E-state index contributed by atoms with van der Waals surface area (Å²) in [6, 6.07) is 16.7. The fourth-order valence-electron chi connectivity index (χ4n) is 4.07. The Morgan fingerprint density at radius 3 is 2.40 bits per heavy atom. The lowest BCUT2D eigenvalue weighted by molar-refractivity contribution is -0.116. The Balaban J connectivity index is 1.37. The summed E-state index contributed by atoms with van der Waals surface area (Å²) in [5, 5.41) is 2.97. The summed E-state index contributed by atoms with van der Waals surface area (Å²) in [5.41, 5.74) is 4.23. The first kappa shape index (κ1) is 20.6. The van der Waals surface area contributed by atoms with Gasteiger partial charge in [-0.05, 0) is 30.2 Å². The molecule has 0 saturated carbocycles. The van der Waals surface area contributed by atoms with Gasteiger partial charge in [-0.15, -0.1) is 0 Å². The third kappa shape index (κ3) is 4.89. The number of hydrogen-bond donors (Lipinski definition) is 1. The van der Waals surface area contributed by atoms with Gasteiger partial charge in [0.05, 0.1) is 17.6 Å². The molecule has 1 amide bonds. The zero-order valence-corrected chi connectivity index (χ0v) is 18.0. The summed E-state index contributed by atoms with van der Waals surface area (Å²) in [4.78, 5) is 21.7. The van der Waals surface area contributed by atoms with Gasteiger partial charge in [0.25, 0.3) is 0 Å². The Morgan fingerprint density at radius 1 is 1.00 bits per heavy atom. The van der Waals surface area contributed by atoms with Crippen molar-refractivity contribution in [3.63, 3.8) is 0 Å². The highest BCUT2D eigenvalue weighted by Gasteiger charge is 2.19. The van der Waals surface area contributed by atoms with Gasteiger partial charge in [0, 0.05) is 51.9 Å². The molecule has 1 saturated heterocycles. The SMILES string of the molecule is CCCC(=O)Nc1ccc2c(c1)nc(CN1CCN(Cc3ccccc3)CC1)n2C. The van der Waals surface area contributed by atoms with Crippen molar-refractivity contribution in [1.82, 2.24) is 19.4 Å². The molecule has 0 unspecified atom stereocenters. The molecule has 4 rings (SSSR count). The Labute approximate surface area is 178 Å². The van der Waals surface area contributed by atoms with E-state index in [9.17, 15) is 4.79 Å². The van der Waals surface area contributed by atoms with Gasteiger partial charge in [-0.25, -0.2) is 4.98 Å². The van der Waals surface area contributed by atoms with Gasteiger partial charge in [-0.1, -0.05) is 37.3 Å². The van der Waals surface area contributed by atoms with E-state index >= 15 is 0 Å². The molecule has 6 nitrogen and oxygen atoms in total. The molecule has 1 fully saturated rings. The number of aromatic nitrogens is 2. The van der Waals surface area contributed by atoms with Gasteiger partial charge >= 0.3 is 0 Å². The average Bonchev–Trinajstić information content (AvgIpc) is 3.05. The number of fused-ring (bicyclic) bond motifs is 1.